The summed E-state index contributed by atoms with van der Waals surface area (Å²) in [4.78, 5) is 26.7. The fraction of sp³-hybridized carbons (Fsp3) is 0.154. The second-order valence-electron chi connectivity index (χ2n) is 4.09. The third-order valence-corrected chi connectivity index (χ3v) is 3.16. The van der Waals surface area contributed by atoms with Crippen LogP contribution in [-0.2, 0) is 6.54 Å². The Balaban J connectivity index is 2.39. The summed E-state index contributed by atoms with van der Waals surface area (Å²) in [5, 5.41) is 8.95. The molecule has 2 aromatic heterocycles. The van der Waals surface area contributed by atoms with Crippen LogP contribution in [-0.4, -0.2) is 20.6 Å². The van der Waals surface area contributed by atoms with E-state index in [9.17, 15) is 9.59 Å². The number of carbonyl (C=O) groups is 1. The van der Waals surface area contributed by atoms with E-state index in [0.717, 1.165) is 10.2 Å². The summed E-state index contributed by atoms with van der Waals surface area (Å²) in [7, 11) is 0. The lowest BCUT2D eigenvalue weighted by molar-refractivity contribution is 0.0694. The first-order valence-electron chi connectivity index (χ1n) is 5.52. The van der Waals surface area contributed by atoms with Crippen LogP contribution in [0.2, 0.25) is 0 Å². The van der Waals surface area contributed by atoms with Crippen molar-refractivity contribution in [3.63, 3.8) is 0 Å². The molecule has 2 rings (SSSR count). The van der Waals surface area contributed by atoms with Gasteiger partial charge in [-0.25, -0.2) is 4.79 Å². The van der Waals surface area contributed by atoms with E-state index < -0.39 is 11.4 Å². The summed E-state index contributed by atoms with van der Waals surface area (Å²) in [6.45, 7) is 2.17. The first-order valence-corrected chi connectivity index (χ1v) is 6.31. The van der Waals surface area contributed by atoms with Gasteiger partial charge in [0.15, 0.2) is 5.43 Å². The molecule has 0 bridgehead atoms. The van der Waals surface area contributed by atoms with Crippen LogP contribution >= 0.6 is 15.9 Å². The van der Waals surface area contributed by atoms with Crippen LogP contribution in [0.3, 0.4) is 0 Å². The summed E-state index contributed by atoms with van der Waals surface area (Å²) in [5.74, 6) is -1.22. The highest BCUT2D eigenvalue weighted by Crippen LogP contribution is 2.09. The van der Waals surface area contributed by atoms with E-state index >= 15 is 0 Å². The number of halogens is 1. The normalized spacial score (nSPS) is 10.4. The van der Waals surface area contributed by atoms with Crippen molar-refractivity contribution in [1.29, 1.82) is 0 Å². The molecule has 5 nitrogen and oxygen atoms in total. The van der Waals surface area contributed by atoms with Crippen LogP contribution in [0.15, 0.2) is 39.9 Å². The molecule has 0 amide bonds. The maximum Gasteiger partial charge on any atom is 0.341 e. The molecule has 0 aliphatic rings. The van der Waals surface area contributed by atoms with Gasteiger partial charge >= 0.3 is 5.97 Å². The van der Waals surface area contributed by atoms with Crippen molar-refractivity contribution in [2.24, 2.45) is 0 Å². The van der Waals surface area contributed by atoms with Crippen molar-refractivity contribution < 1.29 is 9.90 Å². The third kappa shape index (κ3) is 3.08. The number of hydrogen-bond acceptors (Lipinski definition) is 3. The molecule has 0 atom stereocenters. The molecule has 6 heteroatoms. The summed E-state index contributed by atoms with van der Waals surface area (Å²) >= 11 is 3.30. The zero-order valence-electron chi connectivity index (χ0n) is 10.1. The lowest BCUT2D eigenvalue weighted by Crippen LogP contribution is -2.19. The molecule has 2 heterocycles. The van der Waals surface area contributed by atoms with E-state index in [4.69, 9.17) is 5.11 Å². The first-order chi connectivity index (χ1) is 8.97. The number of aryl methyl sites for hydroxylation is 1. The van der Waals surface area contributed by atoms with Gasteiger partial charge in [0.05, 0.1) is 12.2 Å². The second-order valence-corrected chi connectivity index (χ2v) is 5.01. The van der Waals surface area contributed by atoms with Crippen molar-refractivity contribution >= 4 is 21.9 Å². The minimum Gasteiger partial charge on any atom is -0.477 e. The number of carboxylic acids is 1. The highest BCUT2D eigenvalue weighted by Gasteiger charge is 2.11. The number of pyridine rings is 2. The van der Waals surface area contributed by atoms with Crippen LogP contribution in [0.4, 0.5) is 0 Å². The highest BCUT2D eigenvalue weighted by molar-refractivity contribution is 9.10. The van der Waals surface area contributed by atoms with E-state index in [1.807, 2.05) is 12.1 Å². The highest BCUT2D eigenvalue weighted by atomic mass is 79.9. The first kappa shape index (κ1) is 13.5. The van der Waals surface area contributed by atoms with E-state index in [0.29, 0.717) is 12.2 Å². The molecule has 0 unspecified atom stereocenters. The molecule has 0 spiro atoms. The molecule has 2 aromatic rings. The quantitative estimate of drug-likeness (QED) is 0.938. The number of hydrogen-bond donors (Lipinski definition) is 1. The molecule has 0 fully saturated rings. The Morgan fingerprint density at radius 3 is 2.79 bits per heavy atom. The van der Waals surface area contributed by atoms with Crippen molar-refractivity contribution in [3.8, 4) is 0 Å². The fourth-order valence-corrected chi connectivity index (χ4v) is 1.91. The number of rotatable bonds is 3. The van der Waals surface area contributed by atoms with Crippen LogP contribution in [0, 0.1) is 6.92 Å². The van der Waals surface area contributed by atoms with E-state index in [1.165, 1.54) is 12.3 Å². The molecule has 19 heavy (non-hydrogen) atoms. The van der Waals surface area contributed by atoms with Gasteiger partial charge in [-0.1, -0.05) is 0 Å². The Bertz CT molecular complexity index is 677. The average molecular weight is 323 g/mol. The predicted molar refractivity (Wildman–Crippen MR) is 73.4 cm³/mol. The molecule has 0 saturated carbocycles. The summed E-state index contributed by atoms with van der Waals surface area (Å²) < 4.78 is 2.57. The van der Waals surface area contributed by atoms with Crippen LogP contribution in [0.1, 0.15) is 21.7 Å². The second kappa shape index (κ2) is 5.36. The Morgan fingerprint density at radius 1 is 1.47 bits per heavy atom. The van der Waals surface area contributed by atoms with Crippen LogP contribution in [0.5, 0.6) is 0 Å². The summed E-state index contributed by atoms with van der Waals surface area (Å²) in [6, 6.07) is 5.02. The maximum atomic E-state index is 11.5. The van der Waals surface area contributed by atoms with Gasteiger partial charge in [0, 0.05) is 28.6 Å². The van der Waals surface area contributed by atoms with Crippen molar-refractivity contribution in [3.05, 3.63) is 62.2 Å². The lowest BCUT2D eigenvalue weighted by atomic mass is 10.2. The van der Waals surface area contributed by atoms with E-state index in [2.05, 4.69) is 20.9 Å². The molecule has 1 N–H and O–H groups in total. The topological polar surface area (TPSA) is 72.2 Å². The van der Waals surface area contributed by atoms with E-state index in [-0.39, 0.29) is 5.56 Å². The zero-order chi connectivity index (χ0) is 14.0. The third-order valence-electron chi connectivity index (χ3n) is 2.69. The van der Waals surface area contributed by atoms with Gasteiger partial charge in [0.1, 0.15) is 5.56 Å². The molecule has 0 radical (unpaired) electrons. The largest absolute Gasteiger partial charge is 0.477 e. The van der Waals surface area contributed by atoms with Gasteiger partial charge in [-0.15, -0.1) is 0 Å². The van der Waals surface area contributed by atoms with Crippen molar-refractivity contribution in [2.75, 3.05) is 0 Å². The fourth-order valence-electron chi connectivity index (χ4n) is 1.68. The van der Waals surface area contributed by atoms with Crippen LogP contribution < -0.4 is 5.43 Å². The number of nitrogens with zero attached hydrogens (tertiary/aromatic N) is 2. The summed E-state index contributed by atoms with van der Waals surface area (Å²) in [5.41, 5.74) is 0.763. The molecular weight excluding hydrogens is 312 g/mol. The van der Waals surface area contributed by atoms with Gasteiger partial charge in [0.2, 0.25) is 0 Å². The molecular formula is C13H11BrN2O3. The standard InChI is InChI=1S/C13H11BrN2O3/c1-8-4-12(17)11(13(18)19)7-16(8)6-10-3-2-9(14)5-15-10/h2-5,7H,6H2,1H3,(H,18,19). The Kier molecular flexibility index (Phi) is 3.80. The van der Waals surface area contributed by atoms with Crippen LogP contribution in [0.25, 0.3) is 0 Å². The van der Waals surface area contributed by atoms with Gasteiger partial charge in [0.25, 0.3) is 0 Å². The average Bonchev–Trinajstić information content (AvgIpc) is 2.34. The smallest absolute Gasteiger partial charge is 0.341 e. The minimum atomic E-state index is -1.22. The zero-order valence-corrected chi connectivity index (χ0v) is 11.7. The number of aromatic nitrogens is 2. The van der Waals surface area contributed by atoms with Gasteiger partial charge in [-0.3, -0.25) is 9.78 Å². The SMILES string of the molecule is Cc1cc(=O)c(C(=O)O)cn1Cc1ccc(Br)cn1. The monoisotopic (exact) mass is 322 g/mol. The summed E-state index contributed by atoms with van der Waals surface area (Å²) in [6.07, 6.45) is 3.02. The molecule has 0 aliphatic heterocycles. The van der Waals surface area contributed by atoms with Crippen molar-refractivity contribution in [1.82, 2.24) is 9.55 Å². The van der Waals surface area contributed by atoms with Gasteiger partial charge in [-0.2, -0.15) is 0 Å². The number of carboxylic acid groups (broad SMARTS) is 1. The predicted octanol–water partition coefficient (Wildman–Crippen LogP) is 2.06. The number of aromatic carboxylic acids is 1. The molecule has 0 aromatic carbocycles. The van der Waals surface area contributed by atoms with Gasteiger partial charge < -0.3 is 9.67 Å². The Hall–Kier alpha value is -1.95. The molecule has 98 valence electrons. The Morgan fingerprint density at radius 2 is 2.21 bits per heavy atom. The minimum absolute atomic E-state index is 0.234. The van der Waals surface area contributed by atoms with Gasteiger partial charge in [-0.05, 0) is 35.0 Å². The van der Waals surface area contributed by atoms with Crippen molar-refractivity contribution in [2.45, 2.75) is 13.5 Å². The Labute approximate surface area is 117 Å². The molecule has 0 saturated heterocycles. The van der Waals surface area contributed by atoms with E-state index in [1.54, 1.807) is 17.7 Å². The maximum absolute atomic E-state index is 11.5. The molecule has 0 aliphatic carbocycles. The lowest BCUT2D eigenvalue weighted by Gasteiger charge is -2.11.